The smallest absolute Gasteiger partial charge is 0.262 e. The van der Waals surface area contributed by atoms with E-state index in [1.807, 2.05) is 37.6 Å². The number of methoxy groups -OCH3 is 1. The number of halogens is 1. The molecule has 0 aliphatic carbocycles. The van der Waals surface area contributed by atoms with Crippen LogP contribution in [0, 0.1) is 0 Å². The van der Waals surface area contributed by atoms with Crippen molar-refractivity contribution in [2.45, 2.75) is 37.8 Å². The minimum absolute atomic E-state index is 0.0706. The summed E-state index contributed by atoms with van der Waals surface area (Å²) >= 11 is 3.54. The van der Waals surface area contributed by atoms with Crippen LogP contribution in [0.1, 0.15) is 46.4 Å². The van der Waals surface area contributed by atoms with Crippen molar-refractivity contribution in [3.63, 3.8) is 0 Å². The first-order valence-corrected chi connectivity index (χ1v) is 25.0. The number of imide groups is 2. The summed E-state index contributed by atoms with van der Waals surface area (Å²) in [6, 6.07) is 12.1. The molecule has 1 unspecified atom stereocenters. The van der Waals surface area contributed by atoms with E-state index in [0.29, 0.717) is 44.5 Å². The maximum absolute atomic E-state index is 13.5. The predicted molar refractivity (Wildman–Crippen MR) is 262 cm³/mol. The number of piperidine rings is 2. The first-order valence-electron chi connectivity index (χ1n) is 22.3. The zero-order valence-electron chi connectivity index (χ0n) is 37.8. The average Bonchev–Trinajstić information content (AvgIpc) is 3.89. The fraction of sp³-hybridized carbons (Fsp3) is 0.326. The van der Waals surface area contributed by atoms with E-state index in [2.05, 4.69) is 71.4 Å². The SMILES string of the molecule is COc1cc(N2CCC(N3CCN(c4ccc5c(c4)C(=O)N(C4CCC(=O)NC4=O)C5=O)CC3)CC2)c(-c2cnn(C)c2)cc1Nc1ncc(Br)c(Nc2ccc3nccnc3c2NS(C)(=O)=O)n1. The Morgan fingerprint density at radius 2 is 1.58 bits per heavy atom. The van der Waals surface area contributed by atoms with E-state index in [1.54, 1.807) is 42.3 Å². The summed E-state index contributed by atoms with van der Waals surface area (Å²) in [5.74, 6) is -0.872. The van der Waals surface area contributed by atoms with Crippen molar-refractivity contribution in [1.82, 2.24) is 44.8 Å². The van der Waals surface area contributed by atoms with Crippen LogP contribution in [0.4, 0.5) is 40.2 Å². The minimum Gasteiger partial charge on any atom is -0.494 e. The van der Waals surface area contributed by atoms with Crippen LogP contribution in [-0.2, 0) is 26.7 Å². The number of amides is 4. The minimum atomic E-state index is -3.69. The van der Waals surface area contributed by atoms with E-state index in [1.165, 1.54) is 12.4 Å². The van der Waals surface area contributed by atoms with Crippen LogP contribution < -0.4 is 35.2 Å². The molecule has 356 valence electrons. The molecule has 10 rings (SSSR count). The Hall–Kier alpha value is -7.24. The molecule has 4 aliphatic rings. The van der Waals surface area contributed by atoms with Crippen molar-refractivity contribution in [3.05, 3.63) is 89.0 Å². The number of rotatable bonds is 12. The van der Waals surface area contributed by atoms with Gasteiger partial charge in [0.2, 0.25) is 27.8 Å². The van der Waals surface area contributed by atoms with E-state index < -0.39 is 39.7 Å². The largest absolute Gasteiger partial charge is 0.494 e. The first kappa shape index (κ1) is 45.5. The van der Waals surface area contributed by atoms with Crippen molar-refractivity contribution >= 4 is 101 Å². The standard InChI is InChI=1S/C46H47BrN14O7S/c1-57-25-26(23-51-57)30-21-35(53-46-50-24-32(47)42(55-46)52-34-7-6-33-40(49-13-12-48-33)41(34)56-69(3,66)67)38(68-2)22-37(30)60-14-10-27(11-15-60)58-16-18-59(19-17-58)28-4-5-29-31(20-28)45(65)61(44(29)64)36-8-9-39(62)54-43(36)63/h4-7,12-13,20-25,27,36,56H,8-11,14-19H2,1-3H3,(H,54,62,63)(H2,50,52,53,55). The van der Waals surface area contributed by atoms with Crippen molar-refractivity contribution in [3.8, 4) is 16.9 Å². The third kappa shape index (κ3) is 9.11. The number of fused-ring (bicyclic) bond motifs is 2. The van der Waals surface area contributed by atoms with Gasteiger partial charge < -0.3 is 25.2 Å². The van der Waals surface area contributed by atoms with Crippen LogP contribution in [0.15, 0.2) is 77.9 Å². The van der Waals surface area contributed by atoms with Gasteiger partial charge in [-0.25, -0.2) is 13.4 Å². The number of sulfonamides is 1. The van der Waals surface area contributed by atoms with Gasteiger partial charge in [-0.3, -0.25) is 53.7 Å². The van der Waals surface area contributed by atoms with Gasteiger partial charge >= 0.3 is 0 Å². The van der Waals surface area contributed by atoms with Crippen LogP contribution in [0.3, 0.4) is 0 Å². The number of ether oxygens (including phenoxy) is 1. The molecule has 1 atom stereocenters. The fourth-order valence-corrected chi connectivity index (χ4v) is 10.4. The Kier molecular flexibility index (Phi) is 12.1. The number of aryl methyl sites for hydroxylation is 1. The van der Waals surface area contributed by atoms with E-state index >= 15 is 0 Å². The van der Waals surface area contributed by atoms with E-state index in [9.17, 15) is 27.6 Å². The molecule has 4 aliphatic heterocycles. The fourth-order valence-electron chi connectivity index (χ4n) is 9.55. The highest BCUT2D eigenvalue weighted by atomic mass is 79.9. The summed E-state index contributed by atoms with van der Waals surface area (Å²) in [6.45, 7) is 4.76. The quantitative estimate of drug-likeness (QED) is 0.122. The summed E-state index contributed by atoms with van der Waals surface area (Å²) in [7, 11) is -0.194. The Labute approximate surface area is 404 Å². The summed E-state index contributed by atoms with van der Waals surface area (Å²) in [5, 5.41) is 13.3. The molecule has 3 fully saturated rings. The van der Waals surface area contributed by atoms with Crippen LogP contribution in [0.2, 0.25) is 0 Å². The maximum atomic E-state index is 13.5. The number of benzene rings is 3. The number of piperazine rings is 1. The molecule has 4 N–H and O–H groups in total. The summed E-state index contributed by atoms with van der Waals surface area (Å²) in [4.78, 5) is 77.2. The molecule has 0 saturated carbocycles. The van der Waals surface area contributed by atoms with Crippen molar-refractivity contribution in [2.24, 2.45) is 7.05 Å². The second-order valence-corrected chi connectivity index (χ2v) is 19.9. The zero-order valence-corrected chi connectivity index (χ0v) is 40.2. The maximum Gasteiger partial charge on any atom is 0.262 e. The van der Waals surface area contributed by atoms with Crippen molar-refractivity contribution in [2.75, 3.05) is 77.8 Å². The average molecular weight is 1020 g/mol. The van der Waals surface area contributed by atoms with Gasteiger partial charge in [-0.2, -0.15) is 10.1 Å². The number of hydrogen-bond acceptors (Lipinski definition) is 17. The Morgan fingerprint density at radius 1 is 0.812 bits per heavy atom. The highest BCUT2D eigenvalue weighted by molar-refractivity contribution is 9.10. The number of aromatic nitrogens is 6. The highest BCUT2D eigenvalue weighted by Gasteiger charge is 2.45. The number of hydrogen-bond donors (Lipinski definition) is 4. The van der Waals surface area contributed by atoms with Gasteiger partial charge in [0.1, 0.15) is 23.1 Å². The number of anilines is 7. The lowest BCUT2D eigenvalue weighted by Gasteiger charge is -2.44. The molecule has 0 bridgehead atoms. The molecular formula is C46H47BrN14O7S. The lowest BCUT2D eigenvalue weighted by atomic mass is 9.98. The van der Waals surface area contributed by atoms with Crippen molar-refractivity contribution < 1.29 is 32.3 Å². The monoisotopic (exact) mass is 1020 g/mol. The molecule has 4 amide bonds. The van der Waals surface area contributed by atoms with Gasteiger partial charge in [0.05, 0.1) is 57.7 Å². The van der Waals surface area contributed by atoms with Crippen molar-refractivity contribution in [1.29, 1.82) is 0 Å². The third-order valence-electron chi connectivity index (χ3n) is 12.9. The second-order valence-electron chi connectivity index (χ2n) is 17.3. The van der Waals surface area contributed by atoms with Gasteiger partial charge in [0, 0.05) is 112 Å². The lowest BCUT2D eigenvalue weighted by molar-refractivity contribution is -0.136. The van der Waals surface area contributed by atoms with Gasteiger partial charge in [-0.15, -0.1) is 0 Å². The molecule has 0 radical (unpaired) electrons. The molecule has 7 heterocycles. The molecule has 3 aromatic carbocycles. The predicted octanol–water partition coefficient (Wildman–Crippen LogP) is 4.64. The van der Waals surface area contributed by atoms with Gasteiger partial charge in [-0.1, -0.05) is 0 Å². The Balaban J connectivity index is 0.824. The lowest BCUT2D eigenvalue weighted by Crippen LogP contribution is -2.54. The van der Waals surface area contributed by atoms with E-state index in [-0.39, 0.29) is 35.6 Å². The number of carbonyl (C=O) groups excluding carboxylic acids is 4. The van der Waals surface area contributed by atoms with E-state index in [4.69, 9.17) is 9.72 Å². The van der Waals surface area contributed by atoms with Gasteiger partial charge in [-0.05, 0) is 71.6 Å². The normalized spacial score (nSPS) is 18.1. The molecule has 0 spiro atoms. The molecule has 69 heavy (non-hydrogen) atoms. The zero-order chi connectivity index (χ0) is 48.1. The first-order chi connectivity index (χ1) is 33.2. The second kappa shape index (κ2) is 18.3. The molecule has 21 nitrogen and oxygen atoms in total. The molecule has 6 aromatic rings. The molecule has 23 heteroatoms. The van der Waals surface area contributed by atoms with Crippen LogP contribution in [0.25, 0.3) is 22.2 Å². The van der Waals surface area contributed by atoms with Crippen LogP contribution in [-0.4, -0.2) is 136 Å². The summed E-state index contributed by atoms with van der Waals surface area (Å²) < 4.78 is 35.7. The Morgan fingerprint density at radius 3 is 2.30 bits per heavy atom. The van der Waals surface area contributed by atoms with Crippen LogP contribution >= 0.6 is 15.9 Å². The topological polar surface area (TPSA) is 242 Å². The Bertz CT molecular complexity index is 3170. The third-order valence-corrected chi connectivity index (χ3v) is 14.1. The van der Waals surface area contributed by atoms with E-state index in [0.717, 1.165) is 85.8 Å². The highest BCUT2D eigenvalue weighted by Crippen LogP contribution is 2.42. The molecular weight excluding hydrogens is 973 g/mol. The molecule has 3 saturated heterocycles. The van der Waals surface area contributed by atoms with Gasteiger partial charge in [0.15, 0.2) is 0 Å². The number of carbonyl (C=O) groups is 4. The number of nitrogens with zero attached hydrogens (tertiary/aromatic N) is 10. The number of nitrogens with one attached hydrogen (secondary N) is 4. The summed E-state index contributed by atoms with van der Waals surface area (Å²) in [6.07, 6.45) is 11.5. The summed E-state index contributed by atoms with van der Waals surface area (Å²) in [5.41, 5.74) is 6.38. The molecule has 3 aromatic heterocycles. The van der Waals surface area contributed by atoms with Crippen LogP contribution in [0.5, 0.6) is 5.75 Å². The van der Waals surface area contributed by atoms with Gasteiger partial charge in [0.25, 0.3) is 11.8 Å².